The fourth-order valence-electron chi connectivity index (χ4n) is 5.36. The Balaban J connectivity index is 2.00. The van der Waals surface area contributed by atoms with E-state index >= 15 is 0 Å². The highest BCUT2D eigenvalue weighted by Crippen LogP contribution is 2.25. The Morgan fingerprint density at radius 3 is 1.33 bits per heavy atom. The van der Waals surface area contributed by atoms with E-state index in [0.29, 0.717) is 12.2 Å². The van der Waals surface area contributed by atoms with E-state index in [1.165, 1.54) is 148 Å². The summed E-state index contributed by atoms with van der Waals surface area (Å²) in [5.74, 6) is 0. The Hall–Kier alpha value is -0.660. The van der Waals surface area contributed by atoms with Gasteiger partial charge < -0.3 is 9.80 Å². The predicted molar refractivity (Wildman–Crippen MR) is 150 cm³/mol. The fourth-order valence-corrected chi connectivity index (χ4v) is 5.36. The van der Waals surface area contributed by atoms with E-state index in [2.05, 4.69) is 49.9 Å². The van der Waals surface area contributed by atoms with Crippen molar-refractivity contribution in [2.45, 2.75) is 181 Å². The number of unbranched alkanes of at least 4 members (excludes halogenated alkanes) is 19. The molecule has 0 spiro atoms. The molecule has 1 aliphatic rings. The summed E-state index contributed by atoms with van der Waals surface area (Å²) in [7, 11) is 0. The summed E-state index contributed by atoms with van der Waals surface area (Å²) in [6.45, 7) is 10.5. The van der Waals surface area contributed by atoms with Gasteiger partial charge in [0.1, 0.15) is 6.17 Å². The molecule has 0 saturated carbocycles. The first-order valence-electron chi connectivity index (χ1n) is 15.4. The molecule has 0 radical (unpaired) electrons. The van der Waals surface area contributed by atoms with Crippen molar-refractivity contribution in [3.63, 3.8) is 0 Å². The van der Waals surface area contributed by atoms with Crippen LogP contribution in [-0.4, -0.2) is 28.6 Å². The lowest BCUT2D eigenvalue weighted by molar-refractivity contribution is 0.114. The maximum Gasteiger partial charge on any atom is 0.101 e. The minimum Gasteiger partial charge on any atom is -0.356 e. The highest BCUT2D eigenvalue weighted by Gasteiger charge is 2.26. The van der Waals surface area contributed by atoms with Gasteiger partial charge in [0.25, 0.3) is 0 Å². The van der Waals surface area contributed by atoms with Crippen molar-refractivity contribution in [3.8, 4) is 0 Å². The van der Waals surface area contributed by atoms with E-state index in [-0.39, 0.29) is 0 Å². The largest absolute Gasteiger partial charge is 0.356 e. The summed E-state index contributed by atoms with van der Waals surface area (Å²) < 4.78 is 0. The average molecular weight is 463 g/mol. The van der Waals surface area contributed by atoms with Crippen LogP contribution in [-0.2, 0) is 0 Å². The highest BCUT2D eigenvalue weighted by molar-refractivity contribution is 4.98. The molecule has 0 aromatic carbocycles. The number of hydrogen-bond donors (Lipinski definition) is 0. The summed E-state index contributed by atoms with van der Waals surface area (Å²) in [5.41, 5.74) is 0. The first kappa shape index (κ1) is 30.4. The topological polar surface area (TPSA) is 6.48 Å². The van der Waals surface area contributed by atoms with Gasteiger partial charge in [0.15, 0.2) is 0 Å². The van der Waals surface area contributed by atoms with E-state index in [1.807, 2.05) is 0 Å². The summed E-state index contributed by atoms with van der Waals surface area (Å²) in [5, 5.41) is 0. The van der Waals surface area contributed by atoms with Crippen LogP contribution in [0.15, 0.2) is 12.4 Å². The van der Waals surface area contributed by atoms with Crippen LogP contribution in [0.5, 0.6) is 0 Å². The SMILES string of the molecule is CCCCCCCCCCCCCCCCCN1C=CN(C(C)C)C1CCCCCCCC. The predicted octanol–water partition coefficient (Wildman–Crippen LogP) is 10.4. The van der Waals surface area contributed by atoms with E-state index in [4.69, 9.17) is 0 Å². The summed E-state index contributed by atoms with van der Waals surface area (Å²) in [4.78, 5) is 5.24. The van der Waals surface area contributed by atoms with E-state index in [1.54, 1.807) is 0 Å². The van der Waals surface area contributed by atoms with E-state index in [9.17, 15) is 0 Å². The molecule has 0 aliphatic carbocycles. The lowest BCUT2D eigenvalue weighted by Gasteiger charge is -2.35. The van der Waals surface area contributed by atoms with Crippen molar-refractivity contribution in [2.24, 2.45) is 0 Å². The third kappa shape index (κ3) is 15.8. The quantitative estimate of drug-likeness (QED) is 0.132. The van der Waals surface area contributed by atoms with Gasteiger partial charge in [-0.25, -0.2) is 0 Å². The van der Waals surface area contributed by atoms with Gasteiger partial charge in [0, 0.05) is 25.0 Å². The molecule has 1 unspecified atom stereocenters. The monoisotopic (exact) mass is 462 g/mol. The van der Waals surface area contributed by atoms with Gasteiger partial charge in [-0.2, -0.15) is 0 Å². The Kier molecular flexibility index (Phi) is 20.1. The second kappa shape index (κ2) is 21.8. The Labute approximate surface area is 210 Å². The smallest absolute Gasteiger partial charge is 0.101 e. The standard InChI is InChI=1S/C31H62N2/c1-5-7-9-11-13-14-15-16-17-18-19-20-21-23-25-27-32-28-29-33(30(3)4)31(32)26-24-22-12-10-8-6-2/h28-31H,5-27H2,1-4H3. The van der Waals surface area contributed by atoms with Crippen LogP contribution < -0.4 is 0 Å². The molecular formula is C31H62N2. The molecular weight excluding hydrogens is 400 g/mol. The van der Waals surface area contributed by atoms with Crippen LogP contribution in [0.25, 0.3) is 0 Å². The second-order valence-electron chi connectivity index (χ2n) is 11.1. The summed E-state index contributed by atoms with van der Waals surface area (Å²) >= 11 is 0. The van der Waals surface area contributed by atoms with Gasteiger partial charge >= 0.3 is 0 Å². The van der Waals surface area contributed by atoms with Gasteiger partial charge in [-0.1, -0.05) is 136 Å². The normalized spacial score (nSPS) is 16.0. The molecule has 0 N–H and O–H groups in total. The molecule has 0 aromatic heterocycles. The number of nitrogens with zero attached hydrogens (tertiary/aromatic N) is 2. The molecule has 0 aromatic rings. The van der Waals surface area contributed by atoms with Crippen LogP contribution in [0.3, 0.4) is 0 Å². The lowest BCUT2D eigenvalue weighted by atomic mass is 10.0. The zero-order valence-corrected chi connectivity index (χ0v) is 23.5. The molecule has 1 rings (SSSR count). The summed E-state index contributed by atoms with van der Waals surface area (Å²) in [6, 6.07) is 0.609. The molecule has 0 fully saturated rings. The minimum atomic E-state index is 0.609. The van der Waals surface area contributed by atoms with Gasteiger partial charge in [-0.15, -0.1) is 0 Å². The van der Waals surface area contributed by atoms with Crippen LogP contribution in [0.1, 0.15) is 169 Å². The number of rotatable bonds is 24. The van der Waals surface area contributed by atoms with Crippen molar-refractivity contribution in [3.05, 3.63) is 12.4 Å². The van der Waals surface area contributed by atoms with Crippen LogP contribution in [0, 0.1) is 0 Å². The molecule has 0 amide bonds. The third-order valence-electron chi connectivity index (χ3n) is 7.59. The molecule has 2 nitrogen and oxygen atoms in total. The van der Waals surface area contributed by atoms with Crippen molar-refractivity contribution < 1.29 is 0 Å². The molecule has 2 heteroatoms. The molecule has 0 bridgehead atoms. The van der Waals surface area contributed by atoms with Gasteiger partial charge in [-0.05, 0) is 33.1 Å². The molecule has 1 heterocycles. The lowest BCUT2D eigenvalue weighted by Crippen LogP contribution is -2.42. The molecule has 0 saturated heterocycles. The Morgan fingerprint density at radius 1 is 0.515 bits per heavy atom. The molecule has 196 valence electrons. The third-order valence-corrected chi connectivity index (χ3v) is 7.59. The van der Waals surface area contributed by atoms with E-state index in [0.717, 1.165) is 0 Å². The average Bonchev–Trinajstić information content (AvgIpc) is 3.21. The number of hydrogen-bond acceptors (Lipinski definition) is 2. The van der Waals surface area contributed by atoms with Crippen LogP contribution in [0.4, 0.5) is 0 Å². The zero-order chi connectivity index (χ0) is 24.0. The maximum atomic E-state index is 2.65. The first-order chi connectivity index (χ1) is 16.2. The fraction of sp³-hybridized carbons (Fsp3) is 0.935. The Bertz CT molecular complexity index is 431. The van der Waals surface area contributed by atoms with Gasteiger partial charge in [0.05, 0.1) is 0 Å². The van der Waals surface area contributed by atoms with Crippen LogP contribution >= 0.6 is 0 Å². The molecule has 1 atom stereocenters. The van der Waals surface area contributed by atoms with Crippen molar-refractivity contribution in [1.29, 1.82) is 0 Å². The van der Waals surface area contributed by atoms with Crippen LogP contribution in [0.2, 0.25) is 0 Å². The second-order valence-corrected chi connectivity index (χ2v) is 11.1. The molecule has 33 heavy (non-hydrogen) atoms. The maximum absolute atomic E-state index is 2.65. The molecule has 1 aliphatic heterocycles. The Morgan fingerprint density at radius 2 is 0.909 bits per heavy atom. The van der Waals surface area contributed by atoms with Crippen molar-refractivity contribution in [1.82, 2.24) is 9.80 Å². The van der Waals surface area contributed by atoms with Gasteiger partial charge in [-0.3, -0.25) is 0 Å². The van der Waals surface area contributed by atoms with Gasteiger partial charge in [0.2, 0.25) is 0 Å². The van der Waals surface area contributed by atoms with Crippen molar-refractivity contribution in [2.75, 3.05) is 6.54 Å². The zero-order valence-electron chi connectivity index (χ0n) is 23.5. The summed E-state index contributed by atoms with van der Waals surface area (Å²) in [6.07, 6.45) is 36.8. The first-order valence-corrected chi connectivity index (χ1v) is 15.4. The van der Waals surface area contributed by atoms with E-state index < -0.39 is 0 Å². The minimum absolute atomic E-state index is 0.609. The highest BCUT2D eigenvalue weighted by atomic mass is 15.4. The van der Waals surface area contributed by atoms with Crippen molar-refractivity contribution >= 4 is 0 Å².